The molecule has 0 amide bonds. The van der Waals surface area contributed by atoms with Crippen LogP contribution in [0, 0.1) is 10.1 Å². The minimum atomic E-state index is -0.364. The molecule has 1 aromatic heterocycles. The molecule has 28 heavy (non-hydrogen) atoms. The molecule has 144 valence electrons. The van der Waals surface area contributed by atoms with Gasteiger partial charge in [0.25, 0.3) is 5.69 Å². The van der Waals surface area contributed by atoms with E-state index < -0.39 is 0 Å². The summed E-state index contributed by atoms with van der Waals surface area (Å²) in [4.78, 5) is 16.5. The first kappa shape index (κ1) is 19.2. The summed E-state index contributed by atoms with van der Waals surface area (Å²) < 4.78 is 2.22. The van der Waals surface area contributed by atoms with Crippen LogP contribution < -0.4 is 4.80 Å². The zero-order valence-electron chi connectivity index (χ0n) is 14.8. The Hall–Kier alpha value is -2.15. The molecule has 3 aromatic rings. The monoisotopic (exact) mass is 433 g/mol. The lowest BCUT2D eigenvalue weighted by Gasteiger charge is -2.16. The Bertz CT molecular complexity index is 1100. The lowest BCUT2D eigenvalue weighted by Crippen LogP contribution is -2.19. The van der Waals surface area contributed by atoms with Crippen LogP contribution in [-0.2, 0) is 0 Å². The molecule has 4 rings (SSSR count). The van der Waals surface area contributed by atoms with E-state index in [9.17, 15) is 10.1 Å². The molecular weight excluding hydrogens is 417 g/mol. The third kappa shape index (κ3) is 3.85. The predicted octanol–water partition coefficient (Wildman–Crippen LogP) is 6.78. The van der Waals surface area contributed by atoms with Gasteiger partial charge >= 0.3 is 0 Å². The second-order valence-corrected chi connectivity index (χ2v) is 8.38. The van der Waals surface area contributed by atoms with Crippen LogP contribution in [0.25, 0.3) is 11.3 Å². The van der Waals surface area contributed by atoms with Crippen LogP contribution in [-0.4, -0.2) is 9.49 Å². The van der Waals surface area contributed by atoms with Gasteiger partial charge < -0.3 is 4.57 Å². The fourth-order valence-corrected chi connectivity index (χ4v) is 4.85. The van der Waals surface area contributed by atoms with Crippen LogP contribution >= 0.6 is 34.5 Å². The third-order valence-electron chi connectivity index (χ3n) is 4.91. The largest absolute Gasteiger partial charge is 0.313 e. The number of nitro benzene ring substituents is 1. The molecule has 1 saturated carbocycles. The Morgan fingerprint density at radius 1 is 1.11 bits per heavy atom. The Labute approximate surface area is 176 Å². The highest BCUT2D eigenvalue weighted by molar-refractivity contribution is 7.07. The van der Waals surface area contributed by atoms with Gasteiger partial charge in [-0.1, -0.05) is 48.2 Å². The molecule has 0 radical (unpaired) electrons. The predicted molar refractivity (Wildman–Crippen MR) is 114 cm³/mol. The number of hydrogen-bond donors (Lipinski definition) is 0. The first-order chi connectivity index (χ1) is 13.5. The first-order valence-electron chi connectivity index (χ1n) is 8.97. The van der Waals surface area contributed by atoms with Gasteiger partial charge in [0.15, 0.2) is 4.80 Å². The molecule has 1 heterocycles. The fourth-order valence-electron chi connectivity index (χ4n) is 3.57. The number of halogens is 2. The summed E-state index contributed by atoms with van der Waals surface area (Å²) in [6, 6.07) is 12.4. The van der Waals surface area contributed by atoms with E-state index in [0.29, 0.717) is 16.1 Å². The van der Waals surface area contributed by atoms with E-state index in [0.717, 1.165) is 34.6 Å². The number of benzene rings is 2. The van der Waals surface area contributed by atoms with Crippen molar-refractivity contribution < 1.29 is 4.92 Å². The average Bonchev–Trinajstić information content (AvgIpc) is 3.34. The van der Waals surface area contributed by atoms with Crippen LogP contribution in [0.15, 0.2) is 52.8 Å². The molecule has 1 aliphatic rings. The Morgan fingerprint density at radius 3 is 2.61 bits per heavy atom. The van der Waals surface area contributed by atoms with Crippen LogP contribution in [0.4, 0.5) is 11.4 Å². The van der Waals surface area contributed by atoms with Crippen LogP contribution in [0.5, 0.6) is 0 Å². The fraction of sp³-hybridized carbons (Fsp3) is 0.250. The van der Waals surface area contributed by atoms with Crippen molar-refractivity contribution in [2.24, 2.45) is 4.99 Å². The summed E-state index contributed by atoms with van der Waals surface area (Å²) >= 11 is 13.7. The number of hydrogen-bond acceptors (Lipinski definition) is 4. The summed E-state index contributed by atoms with van der Waals surface area (Å²) in [6.07, 6.45) is 4.50. The Kier molecular flexibility index (Phi) is 5.53. The topological polar surface area (TPSA) is 60.4 Å². The summed E-state index contributed by atoms with van der Waals surface area (Å²) in [5.74, 6) is 0. The molecule has 0 unspecified atom stereocenters. The molecule has 1 fully saturated rings. The van der Waals surface area contributed by atoms with Crippen LogP contribution in [0.3, 0.4) is 0 Å². The van der Waals surface area contributed by atoms with Gasteiger partial charge in [-0.25, -0.2) is 4.99 Å². The van der Waals surface area contributed by atoms with E-state index in [2.05, 4.69) is 4.57 Å². The molecule has 5 nitrogen and oxygen atoms in total. The van der Waals surface area contributed by atoms with Gasteiger partial charge in [0.1, 0.15) is 0 Å². The van der Waals surface area contributed by atoms with Gasteiger partial charge in [-0.2, -0.15) is 0 Å². The van der Waals surface area contributed by atoms with Crippen molar-refractivity contribution >= 4 is 45.9 Å². The Morgan fingerprint density at radius 2 is 1.89 bits per heavy atom. The molecule has 0 N–H and O–H groups in total. The second kappa shape index (κ2) is 8.07. The maximum Gasteiger partial charge on any atom is 0.270 e. The molecule has 0 saturated heterocycles. The van der Waals surface area contributed by atoms with Crippen molar-refractivity contribution in [3.63, 3.8) is 0 Å². The molecule has 0 spiro atoms. The standard InChI is InChI=1S/C20H17Cl2N3O2S/c21-17-9-8-14(11-18(17)22)23-20-24(15-5-1-2-6-15)19(12-28-20)13-4-3-7-16(10-13)25(26)27/h3-4,7-12,15H,1-2,5-6H2. The molecule has 2 aromatic carbocycles. The van der Waals surface area contributed by atoms with Gasteiger partial charge in [-0.15, -0.1) is 11.3 Å². The van der Waals surface area contributed by atoms with E-state index in [-0.39, 0.29) is 10.6 Å². The normalized spacial score (nSPS) is 15.3. The van der Waals surface area contributed by atoms with E-state index in [1.807, 2.05) is 17.5 Å². The summed E-state index contributed by atoms with van der Waals surface area (Å²) in [5, 5.41) is 14.2. The minimum absolute atomic E-state index is 0.0876. The maximum absolute atomic E-state index is 11.2. The summed E-state index contributed by atoms with van der Waals surface area (Å²) in [6.45, 7) is 0. The number of rotatable bonds is 4. The average molecular weight is 434 g/mol. The molecule has 0 atom stereocenters. The van der Waals surface area contributed by atoms with Crippen molar-refractivity contribution in [3.05, 3.63) is 72.8 Å². The molecule has 0 bridgehead atoms. The molecule has 0 aliphatic heterocycles. The van der Waals surface area contributed by atoms with Crippen molar-refractivity contribution in [2.75, 3.05) is 0 Å². The zero-order valence-corrected chi connectivity index (χ0v) is 17.2. The number of nitro groups is 1. The third-order valence-corrected chi connectivity index (χ3v) is 6.49. The van der Waals surface area contributed by atoms with Crippen molar-refractivity contribution in [1.29, 1.82) is 0 Å². The quantitative estimate of drug-likeness (QED) is 0.336. The number of nitrogens with zero attached hydrogens (tertiary/aromatic N) is 3. The molecular formula is C20H17Cl2N3O2S. The van der Waals surface area contributed by atoms with E-state index in [1.165, 1.54) is 30.2 Å². The highest BCUT2D eigenvalue weighted by Crippen LogP contribution is 2.34. The highest BCUT2D eigenvalue weighted by atomic mass is 35.5. The van der Waals surface area contributed by atoms with Gasteiger partial charge in [0.05, 0.1) is 26.3 Å². The van der Waals surface area contributed by atoms with E-state index >= 15 is 0 Å². The highest BCUT2D eigenvalue weighted by Gasteiger charge is 2.22. The van der Waals surface area contributed by atoms with Crippen molar-refractivity contribution in [1.82, 2.24) is 4.57 Å². The smallest absolute Gasteiger partial charge is 0.270 e. The maximum atomic E-state index is 11.2. The van der Waals surface area contributed by atoms with Gasteiger partial charge in [-0.3, -0.25) is 10.1 Å². The van der Waals surface area contributed by atoms with Gasteiger partial charge in [-0.05, 0) is 31.0 Å². The van der Waals surface area contributed by atoms with Gasteiger partial charge in [0.2, 0.25) is 0 Å². The summed E-state index contributed by atoms with van der Waals surface area (Å²) in [5.41, 5.74) is 2.60. The number of thiazole rings is 1. The lowest BCUT2D eigenvalue weighted by molar-refractivity contribution is -0.384. The minimum Gasteiger partial charge on any atom is -0.313 e. The van der Waals surface area contributed by atoms with Crippen LogP contribution in [0.2, 0.25) is 10.0 Å². The zero-order chi connectivity index (χ0) is 19.7. The van der Waals surface area contributed by atoms with Gasteiger partial charge in [0, 0.05) is 29.1 Å². The van der Waals surface area contributed by atoms with E-state index in [4.69, 9.17) is 28.2 Å². The number of non-ortho nitro benzene ring substituents is 1. The Balaban J connectivity index is 1.86. The van der Waals surface area contributed by atoms with Crippen molar-refractivity contribution in [3.8, 4) is 11.3 Å². The van der Waals surface area contributed by atoms with Crippen LogP contribution in [0.1, 0.15) is 31.7 Å². The number of aromatic nitrogens is 1. The molecule has 1 aliphatic carbocycles. The van der Waals surface area contributed by atoms with Crippen molar-refractivity contribution in [2.45, 2.75) is 31.7 Å². The summed E-state index contributed by atoms with van der Waals surface area (Å²) in [7, 11) is 0. The lowest BCUT2D eigenvalue weighted by atomic mass is 10.1. The van der Waals surface area contributed by atoms with E-state index in [1.54, 1.807) is 24.3 Å². The second-order valence-electron chi connectivity index (χ2n) is 6.73. The molecule has 8 heteroatoms. The first-order valence-corrected chi connectivity index (χ1v) is 10.6. The SMILES string of the molecule is O=[N+]([O-])c1cccc(-c2csc(=Nc3ccc(Cl)c(Cl)c3)n2C2CCCC2)c1.